The van der Waals surface area contributed by atoms with Crippen LogP contribution < -0.4 is 0 Å². The number of rotatable bonds is 3. The normalized spacial score (nSPS) is 28.5. The Labute approximate surface area is 160 Å². The Kier molecular flexibility index (Phi) is 4.25. The van der Waals surface area contributed by atoms with Crippen molar-refractivity contribution in [1.82, 2.24) is 20.0 Å². The van der Waals surface area contributed by atoms with Crippen molar-refractivity contribution in [3.05, 3.63) is 17.0 Å². The lowest BCUT2D eigenvalue weighted by atomic mass is 9.73. The van der Waals surface area contributed by atoms with Crippen molar-refractivity contribution in [2.24, 2.45) is 11.3 Å². The summed E-state index contributed by atoms with van der Waals surface area (Å²) in [4.78, 5) is 29.8. The van der Waals surface area contributed by atoms with Crippen molar-refractivity contribution in [2.75, 3.05) is 26.2 Å². The number of amides is 2. The zero-order valence-corrected chi connectivity index (χ0v) is 16.1. The van der Waals surface area contributed by atoms with Crippen LogP contribution in [0, 0.1) is 11.3 Å². The van der Waals surface area contributed by atoms with Gasteiger partial charge in [-0.1, -0.05) is 0 Å². The van der Waals surface area contributed by atoms with Gasteiger partial charge in [0, 0.05) is 49.3 Å². The minimum absolute atomic E-state index is 0.0904. The van der Waals surface area contributed by atoms with Crippen LogP contribution in [0.15, 0.2) is 0 Å². The fraction of sp³-hybridized carbons (Fsp3) is 0.762. The van der Waals surface area contributed by atoms with E-state index in [1.807, 2.05) is 4.90 Å². The van der Waals surface area contributed by atoms with E-state index in [1.165, 1.54) is 19.3 Å². The molecule has 2 aliphatic carbocycles. The van der Waals surface area contributed by atoms with Crippen molar-refractivity contribution in [1.29, 1.82) is 0 Å². The quantitative estimate of drug-likeness (QED) is 0.889. The van der Waals surface area contributed by atoms with Crippen LogP contribution >= 0.6 is 0 Å². The molecule has 27 heavy (non-hydrogen) atoms. The molecule has 3 heterocycles. The first kappa shape index (κ1) is 17.3. The highest BCUT2D eigenvalue weighted by atomic mass is 16.2. The second-order valence-corrected chi connectivity index (χ2v) is 9.28. The number of aromatic nitrogens is 2. The average molecular weight is 370 g/mol. The van der Waals surface area contributed by atoms with Gasteiger partial charge in [-0.15, -0.1) is 0 Å². The molecule has 0 aromatic carbocycles. The third kappa shape index (κ3) is 3.27. The van der Waals surface area contributed by atoms with Crippen LogP contribution in [0.2, 0.25) is 0 Å². The fourth-order valence-corrected chi connectivity index (χ4v) is 5.40. The van der Waals surface area contributed by atoms with Crippen LogP contribution in [-0.4, -0.2) is 58.0 Å². The highest BCUT2D eigenvalue weighted by Gasteiger charge is 2.44. The maximum atomic E-state index is 13.3. The van der Waals surface area contributed by atoms with Crippen molar-refractivity contribution in [3.63, 3.8) is 0 Å². The van der Waals surface area contributed by atoms with Crippen molar-refractivity contribution in [3.8, 4) is 0 Å². The summed E-state index contributed by atoms with van der Waals surface area (Å²) in [6, 6.07) is 0. The SMILES string of the molecule is O=C1CCC2(CCCN(C(=O)c3n[nH]c4c3CCCC4)C2)CN1CC1CC1. The Hall–Kier alpha value is -1.85. The second kappa shape index (κ2) is 6.64. The number of nitrogens with one attached hydrogen (secondary N) is 1. The molecule has 5 rings (SSSR count). The van der Waals surface area contributed by atoms with E-state index >= 15 is 0 Å². The first-order valence-electron chi connectivity index (χ1n) is 10.8. The zero-order chi connectivity index (χ0) is 18.4. The molecule has 0 bridgehead atoms. The number of aryl methyl sites for hydroxylation is 1. The van der Waals surface area contributed by atoms with Gasteiger partial charge < -0.3 is 9.80 Å². The monoisotopic (exact) mass is 370 g/mol. The Morgan fingerprint density at radius 1 is 1.11 bits per heavy atom. The highest BCUT2D eigenvalue weighted by molar-refractivity contribution is 5.94. The van der Waals surface area contributed by atoms with Crippen LogP contribution in [0.4, 0.5) is 0 Å². The standard InChI is InChI=1S/C21H30N4O2/c26-18-8-10-21(14-25(18)12-15-6-7-15)9-3-11-24(13-21)20(27)19-16-4-1-2-5-17(16)22-23-19/h15H,1-14H2,(H,22,23). The Balaban J connectivity index is 1.32. The van der Waals surface area contributed by atoms with Gasteiger partial charge in [-0.3, -0.25) is 14.7 Å². The molecule has 2 amide bonds. The Morgan fingerprint density at radius 2 is 1.96 bits per heavy atom. The largest absolute Gasteiger partial charge is 0.342 e. The third-order valence-corrected chi connectivity index (χ3v) is 7.13. The van der Waals surface area contributed by atoms with Crippen LogP contribution in [0.25, 0.3) is 0 Å². The molecule has 0 radical (unpaired) electrons. The van der Waals surface area contributed by atoms with Gasteiger partial charge in [-0.2, -0.15) is 5.10 Å². The summed E-state index contributed by atoms with van der Waals surface area (Å²) in [6.45, 7) is 3.37. The molecule has 1 atom stereocenters. The molecule has 4 aliphatic rings. The number of carbonyl (C=O) groups is 2. The summed E-state index contributed by atoms with van der Waals surface area (Å²) in [5, 5.41) is 7.51. The molecule has 1 aromatic rings. The van der Waals surface area contributed by atoms with Gasteiger partial charge in [0.25, 0.3) is 5.91 Å². The highest BCUT2D eigenvalue weighted by Crippen LogP contribution is 2.41. The number of carbonyl (C=O) groups excluding carboxylic acids is 2. The van der Waals surface area contributed by atoms with Gasteiger partial charge in [0.2, 0.25) is 5.91 Å². The van der Waals surface area contributed by atoms with E-state index in [-0.39, 0.29) is 11.3 Å². The van der Waals surface area contributed by atoms with Crippen molar-refractivity contribution in [2.45, 2.75) is 64.2 Å². The molecule has 1 aromatic heterocycles. The predicted octanol–water partition coefficient (Wildman–Crippen LogP) is 2.54. The minimum Gasteiger partial charge on any atom is -0.342 e. The molecule has 2 aliphatic heterocycles. The van der Waals surface area contributed by atoms with E-state index in [0.29, 0.717) is 18.0 Å². The first-order valence-corrected chi connectivity index (χ1v) is 10.8. The van der Waals surface area contributed by atoms with E-state index in [2.05, 4.69) is 15.1 Å². The van der Waals surface area contributed by atoms with Crippen LogP contribution in [0.3, 0.4) is 0 Å². The van der Waals surface area contributed by atoms with E-state index in [1.54, 1.807) is 0 Å². The molecule has 3 fully saturated rings. The zero-order valence-electron chi connectivity index (χ0n) is 16.1. The third-order valence-electron chi connectivity index (χ3n) is 7.13. The van der Waals surface area contributed by atoms with Crippen LogP contribution in [0.5, 0.6) is 0 Å². The summed E-state index contributed by atoms with van der Waals surface area (Å²) in [6.07, 6.45) is 10.6. The van der Waals surface area contributed by atoms with E-state index in [0.717, 1.165) is 81.9 Å². The summed E-state index contributed by atoms with van der Waals surface area (Å²) in [7, 11) is 0. The Bertz CT molecular complexity index is 753. The topological polar surface area (TPSA) is 69.3 Å². The summed E-state index contributed by atoms with van der Waals surface area (Å²) < 4.78 is 0. The summed E-state index contributed by atoms with van der Waals surface area (Å²) >= 11 is 0. The number of likely N-dealkylation sites (tertiary alicyclic amines) is 2. The van der Waals surface area contributed by atoms with E-state index in [9.17, 15) is 9.59 Å². The number of fused-ring (bicyclic) bond motifs is 1. The van der Waals surface area contributed by atoms with Gasteiger partial charge in [0.15, 0.2) is 5.69 Å². The summed E-state index contributed by atoms with van der Waals surface area (Å²) in [5.74, 6) is 1.14. The molecule has 1 spiro atoms. The van der Waals surface area contributed by atoms with Crippen LogP contribution in [0.1, 0.15) is 73.1 Å². The number of aromatic amines is 1. The van der Waals surface area contributed by atoms with Crippen molar-refractivity contribution < 1.29 is 9.59 Å². The molecule has 6 nitrogen and oxygen atoms in total. The van der Waals surface area contributed by atoms with Gasteiger partial charge >= 0.3 is 0 Å². The second-order valence-electron chi connectivity index (χ2n) is 9.28. The molecular weight excluding hydrogens is 340 g/mol. The lowest BCUT2D eigenvalue weighted by Crippen LogP contribution is -2.55. The molecule has 1 N–H and O–H groups in total. The van der Waals surface area contributed by atoms with E-state index < -0.39 is 0 Å². The molecule has 146 valence electrons. The molecule has 1 saturated carbocycles. The van der Waals surface area contributed by atoms with Gasteiger partial charge in [0.05, 0.1) is 0 Å². The van der Waals surface area contributed by atoms with Gasteiger partial charge in [-0.25, -0.2) is 0 Å². The summed E-state index contributed by atoms with van der Waals surface area (Å²) in [5.41, 5.74) is 3.06. The fourth-order valence-electron chi connectivity index (χ4n) is 5.40. The predicted molar refractivity (Wildman–Crippen MR) is 101 cm³/mol. The minimum atomic E-state index is 0.0904. The molecule has 2 saturated heterocycles. The average Bonchev–Trinajstić information content (AvgIpc) is 3.40. The maximum absolute atomic E-state index is 13.3. The lowest BCUT2D eigenvalue weighted by Gasteiger charge is -2.48. The number of piperidine rings is 2. The molecule has 1 unspecified atom stereocenters. The first-order chi connectivity index (χ1) is 13.1. The Morgan fingerprint density at radius 3 is 2.81 bits per heavy atom. The van der Waals surface area contributed by atoms with Gasteiger partial charge in [0.1, 0.15) is 0 Å². The lowest BCUT2D eigenvalue weighted by molar-refractivity contribution is -0.139. The van der Waals surface area contributed by atoms with Crippen LogP contribution in [-0.2, 0) is 17.6 Å². The maximum Gasteiger partial charge on any atom is 0.274 e. The number of H-pyrrole nitrogens is 1. The number of hydrogen-bond donors (Lipinski definition) is 1. The van der Waals surface area contributed by atoms with Crippen molar-refractivity contribution >= 4 is 11.8 Å². The van der Waals surface area contributed by atoms with Gasteiger partial charge in [-0.05, 0) is 63.7 Å². The smallest absolute Gasteiger partial charge is 0.274 e. The molecular formula is C21H30N4O2. The number of nitrogens with zero attached hydrogens (tertiary/aromatic N) is 3. The molecule has 6 heteroatoms. The van der Waals surface area contributed by atoms with E-state index in [4.69, 9.17) is 0 Å². The number of hydrogen-bond acceptors (Lipinski definition) is 3.